The minimum Gasteiger partial charge on any atom is -0.508 e. The largest absolute Gasteiger partial charge is 0.508 e. The zero-order valence-electron chi connectivity index (χ0n) is 9.35. The number of rotatable bonds is 5. The van der Waals surface area contributed by atoms with Crippen molar-refractivity contribution in [1.82, 2.24) is 0 Å². The number of benzene rings is 1. The molecule has 16 heavy (non-hydrogen) atoms. The van der Waals surface area contributed by atoms with Gasteiger partial charge in [0.05, 0.1) is 11.8 Å². The van der Waals surface area contributed by atoms with Gasteiger partial charge in [0.2, 0.25) is 0 Å². The molecule has 1 N–H and O–H groups in total. The minimum atomic E-state index is -0.409. The molecule has 0 aliphatic rings. The summed E-state index contributed by atoms with van der Waals surface area (Å²) in [4.78, 5) is 11.4. The summed E-state index contributed by atoms with van der Waals surface area (Å²) in [5.74, 6) is -0.275. The summed E-state index contributed by atoms with van der Waals surface area (Å²) in [5, 5.41) is 9.05. The lowest BCUT2D eigenvalue weighted by Gasteiger charge is -1.99. The van der Waals surface area contributed by atoms with Crippen molar-refractivity contribution in [3.8, 4) is 5.75 Å². The average Bonchev–Trinajstić information content (AvgIpc) is 2.29. The van der Waals surface area contributed by atoms with Gasteiger partial charge in [-0.05, 0) is 43.2 Å². The van der Waals surface area contributed by atoms with Gasteiger partial charge in [0.15, 0.2) is 0 Å². The molecule has 3 heteroatoms. The Kier molecular flexibility index (Phi) is 5.12. The third-order valence-corrected chi connectivity index (χ3v) is 2.10. The molecule has 0 saturated heterocycles. The number of aromatic hydroxyl groups is 1. The second kappa shape index (κ2) is 6.67. The fourth-order valence-electron chi connectivity index (χ4n) is 1.17. The predicted molar refractivity (Wildman–Crippen MR) is 62.2 cm³/mol. The molecule has 0 aliphatic carbocycles. The van der Waals surface area contributed by atoms with Gasteiger partial charge in [-0.1, -0.05) is 13.3 Å². The lowest BCUT2D eigenvalue weighted by molar-refractivity contribution is 0.0662. The third kappa shape index (κ3) is 4.17. The van der Waals surface area contributed by atoms with Crippen molar-refractivity contribution in [2.45, 2.75) is 26.2 Å². The van der Waals surface area contributed by atoms with E-state index in [2.05, 4.69) is 6.92 Å². The quantitative estimate of drug-likeness (QED) is 0.470. The van der Waals surface area contributed by atoms with E-state index < -0.39 is 5.97 Å². The first-order valence-corrected chi connectivity index (χ1v) is 5.39. The van der Waals surface area contributed by atoms with E-state index in [1.165, 1.54) is 30.5 Å². The van der Waals surface area contributed by atoms with Crippen LogP contribution in [0.1, 0.15) is 36.5 Å². The Morgan fingerprint density at radius 2 is 2.06 bits per heavy atom. The van der Waals surface area contributed by atoms with Gasteiger partial charge in [-0.25, -0.2) is 4.79 Å². The predicted octanol–water partition coefficient (Wildman–Crippen LogP) is 3.25. The van der Waals surface area contributed by atoms with Crippen LogP contribution in [0.5, 0.6) is 5.75 Å². The Labute approximate surface area is 95.4 Å². The van der Waals surface area contributed by atoms with Gasteiger partial charge in [-0.15, -0.1) is 0 Å². The molecule has 86 valence electrons. The van der Waals surface area contributed by atoms with E-state index in [0.29, 0.717) is 5.56 Å². The van der Waals surface area contributed by atoms with E-state index in [9.17, 15) is 4.79 Å². The number of allylic oxidation sites excluding steroid dienone is 1. The molecule has 0 unspecified atom stereocenters. The molecule has 0 radical (unpaired) electrons. The van der Waals surface area contributed by atoms with E-state index in [-0.39, 0.29) is 5.75 Å². The molecule has 0 spiro atoms. The average molecular weight is 220 g/mol. The molecule has 0 aliphatic heterocycles. The molecule has 1 rings (SSSR count). The van der Waals surface area contributed by atoms with E-state index in [1.807, 2.05) is 6.08 Å². The molecule has 3 nitrogen and oxygen atoms in total. The van der Waals surface area contributed by atoms with Crippen LogP contribution >= 0.6 is 0 Å². The molecular formula is C13H16O3. The van der Waals surface area contributed by atoms with Crippen LogP contribution in [0, 0.1) is 0 Å². The molecule has 0 saturated carbocycles. The SMILES string of the molecule is CCCC/C=C/OC(=O)c1ccc(O)cc1. The number of hydrogen-bond acceptors (Lipinski definition) is 3. The van der Waals surface area contributed by atoms with Crippen LogP contribution in [0.4, 0.5) is 0 Å². The summed E-state index contributed by atoms with van der Waals surface area (Å²) in [5.41, 5.74) is 0.429. The molecule has 0 atom stereocenters. The highest BCUT2D eigenvalue weighted by molar-refractivity contribution is 5.89. The van der Waals surface area contributed by atoms with Crippen LogP contribution in [0.3, 0.4) is 0 Å². The Hall–Kier alpha value is -1.77. The third-order valence-electron chi connectivity index (χ3n) is 2.10. The van der Waals surface area contributed by atoms with Crippen molar-refractivity contribution in [3.63, 3.8) is 0 Å². The normalized spacial score (nSPS) is 10.6. The zero-order chi connectivity index (χ0) is 11.8. The highest BCUT2D eigenvalue weighted by Gasteiger charge is 2.04. The second-order valence-electron chi connectivity index (χ2n) is 3.47. The fraction of sp³-hybridized carbons (Fsp3) is 0.308. The number of phenols is 1. The monoisotopic (exact) mass is 220 g/mol. The first kappa shape index (κ1) is 12.3. The van der Waals surface area contributed by atoms with Crippen molar-refractivity contribution in [1.29, 1.82) is 0 Å². The number of unbranched alkanes of at least 4 members (excludes halogenated alkanes) is 2. The Morgan fingerprint density at radius 1 is 1.38 bits per heavy atom. The molecule has 1 aromatic carbocycles. The molecular weight excluding hydrogens is 204 g/mol. The summed E-state index contributed by atoms with van der Waals surface area (Å²) in [7, 11) is 0. The lowest BCUT2D eigenvalue weighted by atomic mass is 10.2. The topological polar surface area (TPSA) is 46.5 Å². The van der Waals surface area contributed by atoms with Crippen molar-refractivity contribution in [2.24, 2.45) is 0 Å². The van der Waals surface area contributed by atoms with Gasteiger partial charge in [0, 0.05) is 0 Å². The summed E-state index contributed by atoms with van der Waals surface area (Å²) < 4.78 is 4.91. The van der Waals surface area contributed by atoms with Gasteiger partial charge in [-0.3, -0.25) is 0 Å². The van der Waals surface area contributed by atoms with Crippen molar-refractivity contribution in [2.75, 3.05) is 0 Å². The maximum absolute atomic E-state index is 11.4. The minimum absolute atomic E-state index is 0.134. The van der Waals surface area contributed by atoms with E-state index in [4.69, 9.17) is 9.84 Å². The number of ether oxygens (including phenoxy) is 1. The Morgan fingerprint density at radius 3 is 2.69 bits per heavy atom. The first-order valence-electron chi connectivity index (χ1n) is 5.39. The van der Waals surface area contributed by atoms with Gasteiger partial charge < -0.3 is 9.84 Å². The maximum atomic E-state index is 11.4. The number of carbonyl (C=O) groups excluding carboxylic acids is 1. The molecule has 1 aromatic rings. The van der Waals surface area contributed by atoms with Crippen LogP contribution in [0.25, 0.3) is 0 Å². The standard InChI is InChI=1S/C13H16O3/c1-2-3-4-5-10-16-13(15)11-6-8-12(14)9-7-11/h5-10,14H,2-4H2,1H3/b10-5+. The molecule has 0 bridgehead atoms. The Bertz CT molecular complexity index is 352. The maximum Gasteiger partial charge on any atom is 0.342 e. The number of phenolic OH excluding ortho intramolecular Hbond substituents is 1. The number of carbonyl (C=O) groups is 1. The van der Waals surface area contributed by atoms with Crippen LogP contribution in [0.2, 0.25) is 0 Å². The molecule has 0 fully saturated rings. The first-order chi connectivity index (χ1) is 7.74. The van der Waals surface area contributed by atoms with Crippen molar-refractivity contribution in [3.05, 3.63) is 42.2 Å². The number of hydrogen-bond donors (Lipinski definition) is 1. The highest BCUT2D eigenvalue weighted by Crippen LogP contribution is 2.10. The zero-order valence-corrected chi connectivity index (χ0v) is 9.35. The molecule has 0 aromatic heterocycles. The van der Waals surface area contributed by atoms with Gasteiger partial charge in [0.25, 0.3) is 0 Å². The van der Waals surface area contributed by atoms with Crippen LogP contribution in [0.15, 0.2) is 36.6 Å². The van der Waals surface area contributed by atoms with Gasteiger partial charge in [-0.2, -0.15) is 0 Å². The number of esters is 1. The van der Waals surface area contributed by atoms with Gasteiger partial charge in [0.1, 0.15) is 5.75 Å². The fourth-order valence-corrected chi connectivity index (χ4v) is 1.17. The van der Waals surface area contributed by atoms with Crippen molar-refractivity contribution >= 4 is 5.97 Å². The summed E-state index contributed by atoms with van der Waals surface area (Å²) >= 11 is 0. The van der Waals surface area contributed by atoms with Gasteiger partial charge >= 0.3 is 5.97 Å². The second-order valence-corrected chi connectivity index (χ2v) is 3.47. The van der Waals surface area contributed by atoms with E-state index in [0.717, 1.165) is 19.3 Å². The molecule has 0 heterocycles. The Balaban J connectivity index is 2.40. The van der Waals surface area contributed by atoms with E-state index >= 15 is 0 Å². The summed E-state index contributed by atoms with van der Waals surface area (Å²) in [6, 6.07) is 5.96. The highest BCUT2D eigenvalue weighted by atomic mass is 16.5. The van der Waals surface area contributed by atoms with Crippen LogP contribution < -0.4 is 0 Å². The molecule has 0 amide bonds. The van der Waals surface area contributed by atoms with Crippen LogP contribution in [-0.2, 0) is 4.74 Å². The van der Waals surface area contributed by atoms with Crippen molar-refractivity contribution < 1.29 is 14.6 Å². The lowest BCUT2D eigenvalue weighted by Crippen LogP contribution is -1.99. The summed E-state index contributed by atoms with van der Waals surface area (Å²) in [6.45, 7) is 2.11. The van der Waals surface area contributed by atoms with Crippen LogP contribution in [-0.4, -0.2) is 11.1 Å². The van der Waals surface area contributed by atoms with E-state index in [1.54, 1.807) is 0 Å². The smallest absolute Gasteiger partial charge is 0.342 e. The summed E-state index contributed by atoms with van der Waals surface area (Å²) in [6.07, 6.45) is 6.38.